The lowest BCUT2D eigenvalue weighted by atomic mass is 10.1. The lowest BCUT2D eigenvalue weighted by Crippen LogP contribution is -2.44. The number of rotatable bonds is 10. The molecule has 1 atom stereocenters. The van der Waals surface area contributed by atoms with E-state index in [1.807, 2.05) is 11.9 Å². The molecule has 2 fully saturated rings. The van der Waals surface area contributed by atoms with E-state index in [9.17, 15) is 22.4 Å². The number of piperazine rings is 1. The van der Waals surface area contributed by atoms with Gasteiger partial charge in [-0.2, -0.15) is 0 Å². The highest BCUT2D eigenvalue weighted by atomic mass is 32.2. The number of benzene rings is 1. The fourth-order valence-electron chi connectivity index (χ4n) is 3.92. The molecule has 9 nitrogen and oxygen atoms in total. The summed E-state index contributed by atoms with van der Waals surface area (Å²) in [6, 6.07) is 3.87. The minimum atomic E-state index is -3.51. The number of hydrogen-bond acceptors (Lipinski definition) is 6. The molecule has 178 valence electrons. The van der Waals surface area contributed by atoms with E-state index in [-0.39, 0.29) is 24.0 Å². The molecular weight excluding hydrogens is 437 g/mol. The number of imide groups is 1. The molecule has 11 heteroatoms. The zero-order chi connectivity index (χ0) is 23.3. The molecule has 2 saturated heterocycles. The molecule has 2 N–H and O–H groups in total. The maximum absolute atomic E-state index is 14.4. The number of amides is 3. The molecule has 0 bridgehead atoms. The van der Waals surface area contributed by atoms with Crippen molar-refractivity contribution in [1.29, 1.82) is 0 Å². The Morgan fingerprint density at radius 1 is 1.12 bits per heavy atom. The van der Waals surface area contributed by atoms with Crippen LogP contribution in [0.15, 0.2) is 18.2 Å². The zero-order valence-electron chi connectivity index (χ0n) is 18.6. The third kappa shape index (κ3) is 6.63. The van der Waals surface area contributed by atoms with E-state index >= 15 is 0 Å². The van der Waals surface area contributed by atoms with Gasteiger partial charge >= 0.3 is 6.03 Å². The second kappa shape index (κ2) is 10.6. The number of anilines is 1. The maximum atomic E-state index is 14.4. The second-order valence-corrected chi connectivity index (χ2v) is 10.4. The first-order chi connectivity index (χ1) is 15.1. The highest BCUT2D eigenvalue weighted by molar-refractivity contribution is 7.89. The number of hydrogen-bond donors (Lipinski definition) is 2. The first-order valence-corrected chi connectivity index (χ1v) is 12.6. The van der Waals surface area contributed by atoms with Crippen LogP contribution in [0.2, 0.25) is 0 Å². The molecule has 1 aromatic carbocycles. The fourth-order valence-corrected chi connectivity index (χ4v) is 5.30. The number of unbranched alkanes of at least 4 members (excludes halogenated alkanes) is 2. The van der Waals surface area contributed by atoms with Crippen molar-refractivity contribution in [2.45, 2.75) is 32.2 Å². The van der Waals surface area contributed by atoms with Crippen molar-refractivity contribution in [2.75, 3.05) is 57.0 Å². The Kier molecular flexibility index (Phi) is 8.07. The lowest BCUT2D eigenvalue weighted by Gasteiger charge is -2.34. The number of nitrogens with zero attached hydrogens (tertiary/aromatic N) is 3. The van der Waals surface area contributed by atoms with Gasteiger partial charge in [-0.3, -0.25) is 10.1 Å². The van der Waals surface area contributed by atoms with Gasteiger partial charge in [-0.1, -0.05) is 12.5 Å². The van der Waals surface area contributed by atoms with Gasteiger partial charge in [0.1, 0.15) is 12.4 Å². The van der Waals surface area contributed by atoms with Crippen LogP contribution in [0, 0.1) is 5.82 Å². The highest BCUT2D eigenvalue weighted by Gasteiger charge is 2.26. The molecule has 0 aromatic heterocycles. The first kappa shape index (κ1) is 24.4. The Morgan fingerprint density at radius 3 is 2.50 bits per heavy atom. The largest absolute Gasteiger partial charge is 0.367 e. The summed E-state index contributed by atoms with van der Waals surface area (Å²) in [5.41, 5.74) is 1.22. The van der Waals surface area contributed by atoms with E-state index in [2.05, 4.69) is 14.9 Å². The summed E-state index contributed by atoms with van der Waals surface area (Å²) in [6.45, 7) is 5.39. The Labute approximate surface area is 189 Å². The van der Waals surface area contributed by atoms with Gasteiger partial charge in [-0.25, -0.2) is 22.3 Å². The predicted octanol–water partition coefficient (Wildman–Crippen LogP) is 1.28. The first-order valence-electron chi connectivity index (χ1n) is 11.0. The van der Waals surface area contributed by atoms with Gasteiger partial charge in [-0.05, 0) is 44.5 Å². The summed E-state index contributed by atoms with van der Waals surface area (Å²) in [6.07, 6.45) is 1.69. The van der Waals surface area contributed by atoms with E-state index in [1.54, 1.807) is 19.1 Å². The molecule has 32 heavy (non-hydrogen) atoms. The fraction of sp³-hybridized carbons (Fsp3) is 0.619. The molecule has 0 aliphatic carbocycles. The molecule has 2 heterocycles. The lowest BCUT2D eigenvalue weighted by molar-refractivity contribution is -0.118. The average Bonchev–Trinajstić information content (AvgIpc) is 3.05. The van der Waals surface area contributed by atoms with E-state index in [4.69, 9.17) is 0 Å². The summed E-state index contributed by atoms with van der Waals surface area (Å²) >= 11 is 0. The van der Waals surface area contributed by atoms with Crippen molar-refractivity contribution in [1.82, 2.24) is 19.8 Å². The van der Waals surface area contributed by atoms with Crippen LogP contribution in [0.25, 0.3) is 0 Å². The van der Waals surface area contributed by atoms with Crippen LogP contribution in [0.3, 0.4) is 0 Å². The van der Waals surface area contributed by atoms with E-state index in [0.717, 1.165) is 26.2 Å². The van der Waals surface area contributed by atoms with E-state index in [1.165, 1.54) is 11.0 Å². The van der Waals surface area contributed by atoms with Crippen molar-refractivity contribution in [2.24, 2.45) is 0 Å². The van der Waals surface area contributed by atoms with Crippen molar-refractivity contribution < 1.29 is 22.4 Å². The Hall–Kier alpha value is -2.24. The third-order valence-corrected chi connectivity index (χ3v) is 7.42. The van der Waals surface area contributed by atoms with Gasteiger partial charge in [0.2, 0.25) is 15.9 Å². The van der Waals surface area contributed by atoms with Gasteiger partial charge in [0, 0.05) is 38.8 Å². The quantitative estimate of drug-likeness (QED) is 0.395. The molecule has 2 aliphatic heterocycles. The van der Waals surface area contributed by atoms with Crippen molar-refractivity contribution in [3.63, 3.8) is 0 Å². The number of likely N-dealkylation sites (N-methyl/N-ethyl adjacent to an activating group) is 1. The summed E-state index contributed by atoms with van der Waals surface area (Å²) in [7, 11) is -1.48. The summed E-state index contributed by atoms with van der Waals surface area (Å²) in [5, 5.41) is 2.21. The van der Waals surface area contributed by atoms with Gasteiger partial charge < -0.3 is 14.7 Å². The smallest absolute Gasteiger partial charge is 0.324 e. The molecule has 3 rings (SSSR count). The molecular formula is C21H32FN5O4S. The minimum Gasteiger partial charge on any atom is -0.367 e. The number of sulfonamides is 1. The maximum Gasteiger partial charge on any atom is 0.324 e. The SMILES string of the molecule is C[C@@H](NS(=O)(=O)CCCCCN1CC(=O)NC1=O)c1ccc(F)c(N2CCN(C)CC2)c1. The van der Waals surface area contributed by atoms with E-state index in [0.29, 0.717) is 37.1 Å². The number of carbonyl (C=O) groups excluding carboxylic acids is 2. The predicted molar refractivity (Wildman–Crippen MR) is 120 cm³/mol. The van der Waals surface area contributed by atoms with Crippen molar-refractivity contribution in [3.05, 3.63) is 29.6 Å². The van der Waals surface area contributed by atoms with Crippen LogP contribution in [0.4, 0.5) is 14.9 Å². The number of urea groups is 1. The Balaban J connectivity index is 1.47. The van der Waals surface area contributed by atoms with Crippen molar-refractivity contribution in [3.8, 4) is 0 Å². The van der Waals surface area contributed by atoms with Crippen LogP contribution < -0.4 is 14.9 Å². The number of nitrogens with one attached hydrogen (secondary N) is 2. The molecule has 0 unspecified atom stereocenters. The number of halogens is 1. The van der Waals surface area contributed by atoms with Crippen LogP contribution in [0.5, 0.6) is 0 Å². The normalized spacial score (nSPS) is 18.8. The van der Waals surface area contributed by atoms with Crippen LogP contribution >= 0.6 is 0 Å². The third-order valence-electron chi connectivity index (χ3n) is 5.88. The summed E-state index contributed by atoms with van der Waals surface area (Å²) in [4.78, 5) is 28.2. The van der Waals surface area contributed by atoms with Crippen LogP contribution in [-0.2, 0) is 14.8 Å². The van der Waals surface area contributed by atoms with E-state index < -0.39 is 22.1 Å². The Bertz CT molecular complexity index is 934. The molecule has 2 aliphatic rings. The molecule has 0 saturated carbocycles. The molecule has 0 radical (unpaired) electrons. The minimum absolute atomic E-state index is 0.0328. The highest BCUT2D eigenvalue weighted by Crippen LogP contribution is 2.25. The molecule has 3 amide bonds. The standard InChI is InChI=1S/C21H32FN5O4S/c1-16(17-6-7-18(22)19(14-17)26-11-9-25(2)10-12-26)24-32(30,31)13-5-3-4-8-27-15-20(28)23-21(27)29/h6-7,14,16,24H,3-5,8-13,15H2,1-2H3,(H,23,28,29)/t16-/m1/s1. The van der Waals surface area contributed by atoms with Gasteiger partial charge in [0.05, 0.1) is 11.4 Å². The van der Waals surface area contributed by atoms with Crippen LogP contribution in [0.1, 0.15) is 37.8 Å². The van der Waals surface area contributed by atoms with Gasteiger partial charge in [0.15, 0.2) is 0 Å². The average molecular weight is 470 g/mol. The topological polar surface area (TPSA) is 102 Å². The summed E-state index contributed by atoms with van der Waals surface area (Å²) in [5.74, 6) is -0.649. The van der Waals surface area contributed by atoms with Crippen LogP contribution in [-0.4, -0.2) is 82.2 Å². The number of carbonyl (C=O) groups is 2. The zero-order valence-corrected chi connectivity index (χ0v) is 19.5. The van der Waals surface area contributed by atoms with Gasteiger partial charge in [-0.15, -0.1) is 0 Å². The Morgan fingerprint density at radius 2 is 1.84 bits per heavy atom. The summed E-state index contributed by atoms with van der Waals surface area (Å²) < 4.78 is 42.1. The van der Waals surface area contributed by atoms with Crippen molar-refractivity contribution >= 4 is 27.6 Å². The monoisotopic (exact) mass is 469 g/mol. The molecule has 0 spiro atoms. The second-order valence-electron chi connectivity index (χ2n) is 8.50. The van der Waals surface area contributed by atoms with Gasteiger partial charge in [0.25, 0.3) is 0 Å². The molecule has 1 aromatic rings.